The van der Waals surface area contributed by atoms with Crippen LogP contribution in [0.2, 0.25) is 0 Å². The highest BCUT2D eigenvalue weighted by Gasteiger charge is 2.34. The Morgan fingerprint density at radius 1 is 1.40 bits per heavy atom. The monoisotopic (exact) mass is 313 g/mol. The molecule has 0 aromatic carbocycles. The molecule has 11 heteroatoms. The molecule has 0 spiro atoms. The zero-order valence-electron chi connectivity index (χ0n) is 10.3. The van der Waals surface area contributed by atoms with Crippen LogP contribution < -0.4 is 4.72 Å². The largest absolute Gasteiger partial charge is 0.418 e. The number of anilines is 1. The van der Waals surface area contributed by atoms with E-state index in [2.05, 4.69) is 4.98 Å². The molecule has 0 amide bonds. The predicted octanol–water partition coefficient (Wildman–Crippen LogP) is 2.16. The van der Waals surface area contributed by atoms with Crippen molar-refractivity contribution in [2.24, 2.45) is 0 Å². The minimum absolute atomic E-state index is 0.227. The van der Waals surface area contributed by atoms with Crippen molar-refractivity contribution in [3.8, 4) is 0 Å². The normalized spacial score (nSPS) is 12.5. The Labute approximate surface area is 112 Å². The molecule has 0 aliphatic heterocycles. The molecule has 0 radical (unpaired) electrons. The summed E-state index contributed by atoms with van der Waals surface area (Å²) in [5.74, 6) is -0.753. The van der Waals surface area contributed by atoms with E-state index in [0.717, 1.165) is 0 Å². The molecule has 1 heterocycles. The van der Waals surface area contributed by atoms with E-state index in [1.807, 2.05) is 0 Å². The molecule has 0 bridgehead atoms. The van der Waals surface area contributed by atoms with E-state index in [9.17, 15) is 31.7 Å². The Morgan fingerprint density at radius 2 is 1.95 bits per heavy atom. The van der Waals surface area contributed by atoms with Crippen LogP contribution in [0.5, 0.6) is 0 Å². The van der Waals surface area contributed by atoms with Gasteiger partial charge in [-0.15, -0.1) is 0 Å². The van der Waals surface area contributed by atoms with Gasteiger partial charge < -0.3 is 0 Å². The second-order valence-corrected chi connectivity index (χ2v) is 6.28. The van der Waals surface area contributed by atoms with Crippen LogP contribution in [0.25, 0.3) is 0 Å². The summed E-state index contributed by atoms with van der Waals surface area (Å²) in [5, 5.41) is 9.80. The maximum Gasteiger partial charge on any atom is 0.418 e. The Balaban J connectivity index is 3.32. The van der Waals surface area contributed by atoms with Crippen LogP contribution in [0.3, 0.4) is 0 Å². The highest BCUT2D eigenvalue weighted by atomic mass is 32.2. The van der Waals surface area contributed by atoms with Crippen LogP contribution >= 0.6 is 0 Å². The van der Waals surface area contributed by atoms with E-state index in [1.54, 1.807) is 4.72 Å². The van der Waals surface area contributed by atoms with Crippen molar-refractivity contribution >= 4 is 21.5 Å². The second-order valence-electron chi connectivity index (χ2n) is 4.04. The van der Waals surface area contributed by atoms with Crippen molar-refractivity contribution in [3.63, 3.8) is 0 Å². The summed E-state index contributed by atoms with van der Waals surface area (Å²) in [6.45, 7) is 2.61. The number of nitrogens with one attached hydrogen (secondary N) is 1. The fourth-order valence-corrected chi connectivity index (χ4v) is 1.74. The van der Waals surface area contributed by atoms with Gasteiger partial charge in [0.2, 0.25) is 15.8 Å². The third-order valence-corrected chi connectivity index (χ3v) is 3.97. The molecule has 1 aromatic rings. The summed E-state index contributed by atoms with van der Waals surface area (Å²) in [6, 6.07) is 0.227. The average molecular weight is 313 g/mol. The number of hydrogen-bond donors (Lipinski definition) is 1. The van der Waals surface area contributed by atoms with E-state index >= 15 is 0 Å². The highest BCUT2D eigenvalue weighted by molar-refractivity contribution is 7.93. The molecule has 0 unspecified atom stereocenters. The lowest BCUT2D eigenvalue weighted by Gasteiger charge is -2.11. The van der Waals surface area contributed by atoms with Gasteiger partial charge in [-0.05, 0) is 13.8 Å². The van der Waals surface area contributed by atoms with Gasteiger partial charge in [0.1, 0.15) is 0 Å². The number of sulfonamides is 1. The van der Waals surface area contributed by atoms with E-state index < -0.39 is 43.4 Å². The number of hydrogen-bond acceptors (Lipinski definition) is 5. The van der Waals surface area contributed by atoms with Crippen LogP contribution in [-0.2, 0) is 16.2 Å². The molecule has 112 valence electrons. The molecule has 0 fully saturated rings. The number of nitrogens with zero attached hydrogens (tertiary/aromatic N) is 2. The van der Waals surface area contributed by atoms with Gasteiger partial charge in [-0.2, -0.15) is 13.2 Å². The maximum absolute atomic E-state index is 12.4. The number of aromatic nitrogens is 1. The number of rotatable bonds is 4. The van der Waals surface area contributed by atoms with Crippen molar-refractivity contribution in [1.29, 1.82) is 0 Å². The standard InChI is InChI=1S/C9H10F3N3O4S/c1-5(2)20(18,19)14-8-7(15(16)17)3-6(4-13-8)9(10,11)12/h3-5H,1-2H3,(H,13,14). The van der Waals surface area contributed by atoms with E-state index in [-0.39, 0.29) is 6.07 Å². The zero-order chi connectivity index (χ0) is 15.7. The van der Waals surface area contributed by atoms with Gasteiger partial charge in [-0.1, -0.05) is 0 Å². The van der Waals surface area contributed by atoms with Crippen LogP contribution in [0.15, 0.2) is 12.3 Å². The molecule has 7 nitrogen and oxygen atoms in total. The minimum Gasteiger partial charge on any atom is -0.261 e. The summed E-state index contributed by atoms with van der Waals surface area (Å²) in [7, 11) is -3.95. The summed E-state index contributed by atoms with van der Waals surface area (Å²) in [4.78, 5) is 12.8. The maximum atomic E-state index is 12.4. The van der Waals surface area contributed by atoms with Gasteiger partial charge in [0.05, 0.1) is 15.7 Å². The predicted molar refractivity (Wildman–Crippen MR) is 63.6 cm³/mol. The summed E-state index contributed by atoms with van der Waals surface area (Å²) in [6.07, 6.45) is -4.49. The molecular formula is C9H10F3N3O4S. The third kappa shape index (κ3) is 3.56. The topological polar surface area (TPSA) is 102 Å². The van der Waals surface area contributed by atoms with Crippen LogP contribution in [0, 0.1) is 10.1 Å². The zero-order valence-corrected chi connectivity index (χ0v) is 11.1. The van der Waals surface area contributed by atoms with Gasteiger partial charge in [0.25, 0.3) is 0 Å². The van der Waals surface area contributed by atoms with Gasteiger partial charge in [0, 0.05) is 12.3 Å². The van der Waals surface area contributed by atoms with Gasteiger partial charge >= 0.3 is 11.9 Å². The average Bonchev–Trinajstić information content (AvgIpc) is 2.26. The van der Waals surface area contributed by atoms with Crippen LogP contribution in [0.4, 0.5) is 24.7 Å². The summed E-state index contributed by atoms with van der Waals surface area (Å²) >= 11 is 0. The first-order valence-electron chi connectivity index (χ1n) is 5.18. The Morgan fingerprint density at radius 3 is 2.35 bits per heavy atom. The van der Waals surface area contributed by atoms with Crippen LogP contribution in [0.1, 0.15) is 19.4 Å². The van der Waals surface area contributed by atoms with E-state index in [0.29, 0.717) is 6.20 Å². The first-order valence-corrected chi connectivity index (χ1v) is 6.73. The van der Waals surface area contributed by atoms with Gasteiger partial charge in [-0.3, -0.25) is 14.8 Å². The Hall–Kier alpha value is -1.91. The smallest absolute Gasteiger partial charge is 0.261 e. The van der Waals surface area contributed by atoms with Crippen molar-refractivity contribution in [2.45, 2.75) is 25.3 Å². The Bertz CT molecular complexity index is 628. The molecule has 0 atom stereocenters. The van der Waals surface area contributed by atoms with Crippen molar-refractivity contribution < 1.29 is 26.5 Å². The summed E-state index contributed by atoms with van der Waals surface area (Å²) in [5.41, 5.74) is -2.40. The summed E-state index contributed by atoms with van der Waals surface area (Å²) < 4.78 is 62.2. The van der Waals surface area contributed by atoms with E-state index in [1.165, 1.54) is 13.8 Å². The lowest BCUT2D eigenvalue weighted by atomic mass is 10.2. The lowest BCUT2D eigenvalue weighted by molar-refractivity contribution is -0.384. The number of halogens is 3. The minimum atomic E-state index is -4.81. The Kier molecular flexibility index (Phi) is 4.22. The molecule has 0 aliphatic carbocycles. The van der Waals surface area contributed by atoms with Crippen molar-refractivity contribution in [1.82, 2.24) is 4.98 Å². The molecular weight excluding hydrogens is 303 g/mol. The van der Waals surface area contributed by atoms with Crippen molar-refractivity contribution in [2.75, 3.05) is 4.72 Å². The molecule has 1 aromatic heterocycles. The molecule has 1 rings (SSSR count). The molecule has 0 aliphatic rings. The highest BCUT2D eigenvalue weighted by Crippen LogP contribution is 2.33. The van der Waals surface area contributed by atoms with Crippen molar-refractivity contribution in [3.05, 3.63) is 27.9 Å². The molecule has 1 N–H and O–H groups in total. The quantitative estimate of drug-likeness (QED) is 0.678. The fraction of sp³-hybridized carbons (Fsp3) is 0.444. The lowest BCUT2D eigenvalue weighted by Crippen LogP contribution is -2.23. The van der Waals surface area contributed by atoms with Crippen LogP contribution in [-0.4, -0.2) is 23.6 Å². The third-order valence-electron chi connectivity index (χ3n) is 2.25. The first-order chi connectivity index (χ1) is 8.95. The van der Waals surface area contributed by atoms with E-state index in [4.69, 9.17) is 0 Å². The number of pyridine rings is 1. The first kappa shape index (κ1) is 16.1. The molecule has 0 saturated heterocycles. The molecule has 20 heavy (non-hydrogen) atoms. The molecule has 0 saturated carbocycles. The fourth-order valence-electron chi connectivity index (χ4n) is 1.08. The number of alkyl halides is 3. The second kappa shape index (κ2) is 5.23. The van der Waals surface area contributed by atoms with Gasteiger partial charge in [0.15, 0.2) is 0 Å². The SMILES string of the molecule is CC(C)S(=O)(=O)Nc1ncc(C(F)(F)F)cc1[N+](=O)[O-]. The van der Waals surface area contributed by atoms with Gasteiger partial charge in [-0.25, -0.2) is 13.4 Å². The number of nitro groups is 1.